The number of nitrogens with one attached hydrogen (secondary N) is 1. The monoisotopic (exact) mass is 399 g/mol. The van der Waals surface area contributed by atoms with Crippen LogP contribution in [0.15, 0.2) is 40.8 Å². The van der Waals surface area contributed by atoms with Gasteiger partial charge >= 0.3 is 0 Å². The second-order valence-electron chi connectivity index (χ2n) is 7.45. The van der Waals surface area contributed by atoms with Crippen molar-refractivity contribution in [3.8, 4) is 11.1 Å². The van der Waals surface area contributed by atoms with Crippen molar-refractivity contribution in [1.82, 2.24) is 14.9 Å². The van der Waals surface area contributed by atoms with Crippen LogP contribution >= 0.6 is 11.3 Å². The fourth-order valence-electron chi connectivity index (χ4n) is 3.86. The van der Waals surface area contributed by atoms with E-state index in [1.54, 1.807) is 12.1 Å². The molecule has 146 valence electrons. The van der Waals surface area contributed by atoms with Gasteiger partial charge in [0, 0.05) is 17.0 Å². The number of aromatic nitrogens is 2. The maximum absolute atomic E-state index is 13.2. The summed E-state index contributed by atoms with van der Waals surface area (Å²) in [7, 11) is 0. The van der Waals surface area contributed by atoms with E-state index < -0.39 is 0 Å². The minimum Gasteiger partial charge on any atom is -0.352 e. The number of rotatable bonds is 4. The third-order valence-electron chi connectivity index (χ3n) is 5.49. The van der Waals surface area contributed by atoms with Crippen molar-refractivity contribution in [3.05, 3.63) is 52.1 Å². The van der Waals surface area contributed by atoms with E-state index in [0.29, 0.717) is 21.7 Å². The number of carbonyl (C=O) groups is 1. The van der Waals surface area contributed by atoms with Crippen molar-refractivity contribution >= 4 is 27.5 Å². The van der Waals surface area contributed by atoms with Gasteiger partial charge in [-0.25, -0.2) is 9.37 Å². The Hall–Kier alpha value is -2.54. The summed E-state index contributed by atoms with van der Waals surface area (Å²) in [6.07, 6.45) is 5.86. The fourth-order valence-corrected chi connectivity index (χ4v) is 4.77. The van der Waals surface area contributed by atoms with Gasteiger partial charge in [0.25, 0.3) is 5.56 Å². The highest BCUT2D eigenvalue weighted by Crippen LogP contribution is 2.30. The highest BCUT2D eigenvalue weighted by Gasteiger charge is 2.23. The molecule has 1 N–H and O–H groups in total. The molecule has 2 heterocycles. The average molecular weight is 399 g/mol. The molecule has 1 saturated carbocycles. The van der Waals surface area contributed by atoms with Crippen LogP contribution in [0.2, 0.25) is 0 Å². The van der Waals surface area contributed by atoms with Gasteiger partial charge in [0.2, 0.25) is 5.91 Å². The minimum atomic E-state index is -0.326. The van der Waals surface area contributed by atoms with Crippen LogP contribution in [0.4, 0.5) is 4.39 Å². The summed E-state index contributed by atoms with van der Waals surface area (Å²) < 4.78 is 14.6. The number of thiophene rings is 1. The van der Waals surface area contributed by atoms with Gasteiger partial charge < -0.3 is 5.32 Å². The molecular formula is C21H22FN3O2S. The first-order valence-electron chi connectivity index (χ1n) is 9.55. The maximum atomic E-state index is 13.2. The molecule has 1 aliphatic rings. The predicted octanol–water partition coefficient (Wildman–Crippen LogP) is 3.96. The first kappa shape index (κ1) is 18.8. The molecule has 0 bridgehead atoms. The smallest absolute Gasteiger partial charge is 0.263 e. The molecule has 0 saturated heterocycles. The molecule has 2 atom stereocenters. The summed E-state index contributed by atoms with van der Waals surface area (Å²) in [6, 6.07) is 6.19. The van der Waals surface area contributed by atoms with E-state index in [4.69, 9.17) is 0 Å². The van der Waals surface area contributed by atoms with Gasteiger partial charge in [-0.05, 0) is 36.5 Å². The van der Waals surface area contributed by atoms with Gasteiger partial charge in [-0.2, -0.15) is 0 Å². The molecule has 5 nitrogen and oxygen atoms in total. The molecule has 28 heavy (non-hydrogen) atoms. The van der Waals surface area contributed by atoms with E-state index >= 15 is 0 Å². The SMILES string of the molecule is C[C@H]1CCCC[C@H]1NC(=O)Cn1cnc2scc(-c3ccc(F)cc3)c2c1=O. The Labute approximate surface area is 166 Å². The van der Waals surface area contributed by atoms with Crippen molar-refractivity contribution < 1.29 is 9.18 Å². The summed E-state index contributed by atoms with van der Waals surface area (Å²) in [5.41, 5.74) is 1.22. The van der Waals surface area contributed by atoms with E-state index in [1.165, 1.54) is 40.8 Å². The largest absolute Gasteiger partial charge is 0.352 e. The molecule has 2 aromatic heterocycles. The van der Waals surface area contributed by atoms with Crippen molar-refractivity contribution in [3.63, 3.8) is 0 Å². The number of amides is 1. The molecule has 1 amide bonds. The Morgan fingerprint density at radius 1 is 1.29 bits per heavy atom. The number of benzene rings is 1. The van der Waals surface area contributed by atoms with Gasteiger partial charge in [0.1, 0.15) is 17.2 Å². The Kier molecular flexibility index (Phi) is 5.26. The van der Waals surface area contributed by atoms with Crippen LogP contribution in [0.3, 0.4) is 0 Å². The predicted molar refractivity (Wildman–Crippen MR) is 109 cm³/mol. The number of carbonyl (C=O) groups excluding carboxylic acids is 1. The summed E-state index contributed by atoms with van der Waals surface area (Å²) in [5, 5.41) is 5.39. The number of nitrogens with zero attached hydrogens (tertiary/aromatic N) is 2. The average Bonchev–Trinajstić information content (AvgIpc) is 3.11. The van der Waals surface area contributed by atoms with E-state index in [2.05, 4.69) is 17.2 Å². The van der Waals surface area contributed by atoms with Gasteiger partial charge in [-0.1, -0.05) is 31.9 Å². The quantitative estimate of drug-likeness (QED) is 0.722. The van der Waals surface area contributed by atoms with Gasteiger partial charge in [0.05, 0.1) is 11.7 Å². The lowest BCUT2D eigenvalue weighted by Crippen LogP contribution is -2.43. The zero-order valence-corrected chi connectivity index (χ0v) is 16.5. The second-order valence-corrected chi connectivity index (χ2v) is 8.31. The van der Waals surface area contributed by atoms with E-state index in [1.807, 2.05) is 5.38 Å². The van der Waals surface area contributed by atoms with Gasteiger partial charge in [-0.3, -0.25) is 14.2 Å². The molecule has 0 aliphatic heterocycles. The topological polar surface area (TPSA) is 64.0 Å². The van der Waals surface area contributed by atoms with Crippen molar-refractivity contribution in [2.24, 2.45) is 5.92 Å². The molecule has 3 aromatic rings. The molecule has 0 radical (unpaired) electrons. The maximum Gasteiger partial charge on any atom is 0.263 e. The molecule has 1 aromatic carbocycles. The zero-order chi connectivity index (χ0) is 19.7. The van der Waals surface area contributed by atoms with E-state index in [9.17, 15) is 14.0 Å². The molecule has 1 fully saturated rings. The number of fused-ring (bicyclic) bond motifs is 1. The van der Waals surface area contributed by atoms with E-state index in [0.717, 1.165) is 24.8 Å². The lowest BCUT2D eigenvalue weighted by Gasteiger charge is -2.29. The van der Waals surface area contributed by atoms with Crippen LogP contribution in [0.1, 0.15) is 32.6 Å². The van der Waals surface area contributed by atoms with Gasteiger partial charge in [-0.15, -0.1) is 11.3 Å². The fraction of sp³-hybridized carbons (Fsp3) is 0.381. The highest BCUT2D eigenvalue weighted by atomic mass is 32.1. The Bertz CT molecular complexity index is 1060. The molecular weight excluding hydrogens is 377 g/mol. The number of halogens is 1. The highest BCUT2D eigenvalue weighted by molar-refractivity contribution is 7.17. The molecule has 7 heteroatoms. The van der Waals surface area contributed by atoms with Crippen LogP contribution in [0, 0.1) is 11.7 Å². The van der Waals surface area contributed by atoms with Crippen LogP contribution < -0.4 is 10.9 Å². The Morgan fingerprint density at radius 2 is 2.04 bits per heavy atom. The zero-order valence-electron chi connectivity index (χ0n) is 15.7. The second kappa shape index (κ2) is 7.83. The summed E-state index contributed by atoms with van der Waals surface area (Å²) in [4.78, 5) is 30.5. The lowest BCUT2D eigenvalue weighted by molar-refractivity contribution is -0.123. The standard InChI is InChI=1S/C21H22FN3O2S/c1-13-4-2-3-5-17(13)24-18(26)10-25-12-23-20-19(21(25)27)16(11-28-20)14-6-8-15(22)9-7-14/h6-9,11-13,17H,2-5,10H2,1H3,(H,24,26)/t13-,17+/m0/s1. The van der Waals surface area contributed by atoms with Crippen LogP contribution in [0.5, 0.6) is 0 Å². The van der Waals surface area contributed by atoms with Gasteiger partial charge in [0.15, 0.2) is 0 Å². The Balaban J connectivity index is 1.60. The van der Waals surface area contributed by atoms with Crippen molar-refractivity contribution in [2.75, 3.05) is 0 Å². The van der Waals surface area contributed by atoms with Crippen molar-refractivity contribution in [1.29, 1.82) is 0 Å². The minimum absolute atomic E-state index is 0.0519. The van der Waals surface area contributed by atoms with Crippen molar-refractivity contribution in [2.45, 2.75) is 45.2 Å². The molecule has 0 unspecified atom stereocenters. The summed E-state index contributed by atoms with van der Waals surface area (Å²) in [5.74, 6) is -0.0371. The number of hydrogen-bond acceptors (Lipinski definition) is 4. The van der Waals surface area contributed by atoms with Crippen LogP contribution in [0.25, 0.3) is 21.3 Å². The molecule has 4 rings (SSSR count). The van der Waals surface area contributed by atoms with E-state index in [-0.39, 0.29) is 29.9 Å². The first-order valence-corrected chi connectivity index (χ1v) is 10.4. The third-order valence-corrected chi connectivity index (χ3v) is 6.37. The molecule has 1 aliphatic carbocycles. The summed E-state index contributed by atoms with van der Waals surface area (Å²) in [6.45, 7) is 2.11. The molecule has 0 spiro atoms. The normalized spacial score (nSPS) is 19.6. The number of hydrogen-bond donors (Lipinski definition) is 1. The third kappa shape index (κ3) is 3.71. The van der Waals surface area contributed by atoms with Crippen LogP contribution in [-0.2, 0) is 11.3 Å². The summed E-state index contributed by atoms with van der Waals surface area (Å²) >= 11 is 1.36. The van der Waals surface area contributed by atoms with Crippen LogP contribution in [-0.4, -0.2) is 21.5 Å². The Morgan fingerprint density at radius 3 is 2.79 bits per heavy atom. The first-order chi connectivity index (χ1) is 13.5. The lowest BCUT2D eigenvalue weighted by atomic mass is 9.86.